The molecule has 1 fully saturated rings. The number of hydrogen-bond acceptors (Lipinski definition) is 3. The Balaban J connectivity index is 1.59. The Morgan fingerprint density at radius 1 is 1.06 bits per heavy atom. The van der Waals surface area contributed by atoms with E-state index in [9.17, 15) is 4.79 Å². The van der Waals surface area contributed by atoms with Crippen molar-refractivity contribution >= 4 is 11.9 Å². The van der Waals surface area contributed by atoms with Crippen molar-refractivity contribution in [2.75, 3.05) is 19.6 Å². The van der Waals surface area contributed by atoms with Crippen molar-refractivity contribution < 1.29 is 9.53 Å². The van der Waals surface area contributed by atoms with Crippen molar-refractivity contribution in [3.8, 4) is 0 Å². The standard InChI is InChI=1S/C25H34N4O2/c1-5-26-25(28-15-23-9-7-6-8-18(23)2)27-14-21-10-12-22(13-11-21)24(30)29-16-19(3)31-20(4)17-29/h6-13,19-20H,5,14-17H2,1-4H3,(H2,26,27,28). The van der Waals surface area contributed by atoms with Crippen molar-refractivity contribution in [3.63, 3.8) is 0 Å². The molecular formula is C25H34N4O2. The molecule has 0 aliphatic carbocycles. The zero-order valence-corrected chi connectivity index (χ0v) is 19.0. The Kier molecular flexibility index (Phi) is 8.06. The number of amides is 1. The number of guanidine groups is 1. The van der Waals surface area contributed by atoms with Gasteiger partial charge in [0.25, 0.3) is 5.91 Å². The number of nitrogens with one attached hydrogen (secondary N) is 2. The van der Waals surface area contributed by atoms with E-state index < -0.39 is 0 Å². The van der Waals surface area contributed by atoms with E-state index in [1.165, 1.54) is 11.1 Å². The average Bonchev–Trinajstić information content (AvgIpc) is 2.76. The average molecular weight is 423 g/mol. The fourth-order valence-corrected chi connectivity index (χ4v) is 3.78. The Hall–Kier alpha value is -2.86. The van der Waals surface area contributed by atoms with Gasteiger partial charge in [-0.3, -0.25) is 4.79 Å². The molecule has 3 rings (SSSR count). The van der Waals surface area contributed by atoms with Gasteiger partial charge in [0, 0.05) is 31.7 Å². The number of aryl methyl sites for hydroxylation is 1. The first-order valence-corrected chi connectivity index (χ1v) is 11.1. The van der Waals surface area contributed by atoms with Crippen LogP contribution in [0.4, 0.5) is 0 Å². The minimum Gasteiger partial charge on any atom is -0.372 e. The van der Waals surface area contributed by atoms with E-state index in [4.69, 9.17) is 9.73 Å². The van der Waals surface area contributed by atoms with Crippen molar-refractivity contribution in [2.45, 2.75) is 53.0 Å². The molecule has 0 bridgehead atoms. The van der Waals surface area contributed by atoms with Gasteiger partial charge in [-0.1, -0.05) is 36.4 Å². The third kappa shape index (κ3) is 6.56. The Morgan fingerprint density at radius 3 is 2.39 bits per heavy atom. The van der Waals surface area contributed by atoms with Crippen LogP contribution in [-0.2, 0) is 17.8 Å². The molecule has 6 nitrogen and oxygen atoms in total. The third-order valence-corrected chi connectivity index (χ3v) is 5.38. The molecule has 1 aliphatic rings. The van der Waals surface area contributed by atoms with E-state index in [1.807, 2.05) is 49.1 Å². The molecule has 6 heteroatoms. The summed E-state index contributed by atoms with van der Waals surface area (Å²) in [6, 6.07) is 16.1. The number of ether oxygens (including phenoxy) is 1. The smallest absolute Gasteiger partial charge is 0.254 e. The first kappa shape index (κ1) is 22.8. The molecule has 0 radical (unpaired) electrons. The van der Waals surface area contributed by atoms with Crippen molar-refractivity contribution in [2.24, 2.45) is 4.99 Å². The van der Waals surface area contributed by atoms with Gasteiger partial charge in [0.1, 0.15) is 0 Å². The summed E-state index contributed by atoms with van der Waals surface area (Å²) in [6.07, 6.45) is 0.135. The fraction of sp³-hybridized carbons (Fsp3) is 0.440. The number of nitrogens with zero attached hydrogens (tertiary/aromatic N) is 2. The summed E-state index contributed by atoms with van der Waals surface area (Å²) in [4.78, 5) is 19.4. The predicted molar refractivity (Wildman–Crippen MR) is 125 cm³/mol. The normalized spacial score (nSPS) is 19.2. The number of morpholine rings is 1. The highest BCUT2D eigenvalue weighted by Crippen LogP contribution is 2.15. The molecule has 1 saturated heterocycles. The maximum absolute atomic E-state index is 12.8. The maximum atomic E-state index is 12.8. The molecule has 0 aromatic heterocycles. The molecular weight excluding hydrogens is 388 g/mol. The second-order valence-corrected chi connectivity index (χ2v) is 8.14. The summed E-state index contributed by atoms with van der Waals surface area (Å²) in [7, 11) is 0. The number of carbonyl (C=O) groups is 1. The lowest BCUT2D eigenvalue weighted by Gasteiger charge is -2.35. The summed E-state index contributed by atoms with van der Waals surface area (Å²) in [5.74, 6) is 0.840. The minimum atomic E-state index is 0.0605. The highest BCUT2D eigenvalue weighted by molar-refractivity contribution is 5.94. The van der Waals surface area contributed by atoms with E-state index in [1.54, 1.807) is 0 Å². The molecule has 2 atom stereocenters. The summed E-state index contributed by atoms with van der Waals surface area (Å²) in [5.41, 5.74) is 4.28. The van der Waals surface area contributed by atoms with Gasteiger partial charge in [0.05, 0.1) is 18.8 Å². The van der Waals surface area contributed by atoms with Crippen LogP contribution in [0, 0.1) is 6.92 Å². The fourth-order valence-electron chi connectivity index (χ4n) is 3.78. The van der Waals surface area contributed by atoms with E-state index in [0.29, 0.717) is 25.2 Å². The molecule has 31 heavy (non-hydrogen) atoms. The van der Waals surface area contributed by atoms with Crippen LogP contribution in [0.5, 0.6) is 0 Å². The first-order valence-electron chi connectivity index (χ1n) is 11.1. The number of hydrogen-bond donors (Lipinski definition) is 2. The lowest BCUT2D eigenvalue weighted by atomic mass is 10.1. The van der Waals surface area contributed by atoms with Crippen LogP contribution < -0.4 is 10.6 Å². The Morgan fingerprint density at radius 2 is 1.74 bits per heavy atom. The monoisotopic (exact) mass is 422 g/mol. The van der Waals surface area contributed by atoms with Crippen LogP contribution in [0.2, 0.25) is 0 Å². The summed E-state index contributed by atoms with van der Waals surface area (Å²) < 4.78 is 5.73. The zero-order valence-electron chi connectivity index (χ0n) is 19.0. The highest BCUT2D eigenvalue weighted by Gasteiger charge is 2.26. The molecule has 2 unspecified atom stereocenters. The number of benzene rings is 2. The summed E-state index contributed by atoms with van der Waals surface area (Å²) in [5, 5.41) is 6.68. The third-order valence-electron chi connectivity index (χ3n) is 5.38. The Bertz CT molecular complexity index is 885. The predicted octanol–water partition coefficient (Wildman–Crippen LogP) is 3.50. The van der Waals surface area contributed by atoms with Gasteiger partial charge in [-0.25, -0.2) is 4.99 Å². The van der Waals surface area contributed by atoms with Crippen LogP contribution in [0.15, 0.2) is 53.5 Å². The van der Waals surface area contributed by atoms with Crippen LogP contribution in [0.25, 0.3) is 0 Å². The topological polar surface area (TPSA) is 66.0 Å². The van der Waals surface area contributed by atoms with Crippen molar-refractivity contribution in [1.29, 1.82) is 0 Å². The van der Waals surface area contributed by atoms with Gasteiger partial charge >= 0.3 is 0 Å². The van der Waals surface area contributed by atoms with Crippen LogP contribution in [0.1, 0.15) is 47.8 Å². The van der Waals surface area contributed by atoms with E-state index in [2.05, 4.69) is 42.7 Å². The second-order valence-electron chi connectivity index (χ2n) is 8.14. The number of rotatable bonds is 6. The molecule has 1 aliphatic heterocycles. The van der Waals surface area contributed by atoms with Crippen LogP contribution >= 0.6 is 0 Å². The summed E-state index contributed by atoms with van der Waals surface area (Å²) >= 11 is 0. The molecule has 2 aromatic rings. The van der Waals surface area contributed by atoms with E-state index in [-0.39, 0.29) is 18.1 Å². The molecule has 0 spiro atoms. The molecule has 1 heterocycles. The SMILES string of the molecule is CCNC(=NCc1ccc(C(=O)N2CC(C)OC(C)C2)cc1)NCc1ccccc1C. The molecule has 166 valence electrons. The van der Waals surface area contributed by atoms with Crippen molar-refractivity contribution in [1.82, 2.24) is 15.5 Å². The van der Waals surface area contributed by atoms with Gasteiger partial charge < -0.3 is 20.3 Å². The van der Waals surface area contributed by atoms with Gasteiger partial charge in [-0.2, -0.15) is 0 Å². The second kappa shape index (κ2) is 11.0. The minimum absolute atomic E-state index is 0.0605. The lowest BCUT2D eigenvalue weighted by molar-refractivity contribution is -0.0586. The van der Waals surface area contributed by atoms with Crippen LogP contribution in [-0.4, -0.2) is 48.6 Å². The number of carbonyl (C=O) groups excluding carboxylic acids is 1. The van der Waals surface area contributed by atoms with Gasteiger partial charge in [-0.15, -0.1) is 0 Å². The summed E-state index contributed by atoms with van der Waals surface area (Å²) in [6.45, 7) is 11.5. The van der Waals surface area contributed by atoms with Crippen molar-refractivity contribution in [3.05, 3.63) is 70.8 Å². The van der Waals surface area contributed by atoms with Gasteiger partial charge in [0.2, 0.25) is 0 Å². The van der Waals surface area contributed by atoms with Gasteiger partial charge in [0.15, 0.2) is 5.96 Å². The molecule has 0 saturated carbocycles. The van der Waals surface area contributed by atoms with E-state index >= 15 is 0 Å². The Labute approximate surface area is 185 Å². The molecule has 1 amide bonds. The lowest BCUT2D eigenvalue weighted by Crippen LogP contribution is -2.48. The highest BCUT2D eigenvalue weighted by atomic mass is 16.5. The largest absolute Gasteiger partial charge is 0.372 e. The van der Waals surface area contributed by atoms with E-state index in [0.717, 1.165) is 24.6 Å². The molecule has 2 N–H and O–H groups in total. The zero-order chi connectivity index (χ0) is 22.2. The van der Waals surface area contributed by atoms with Crippen LogP contribution in [0.3, 0.4) is 0 Å². The molecule has 2 aromatic carbocycles. The quantitative estimate of drug-likeness (QED) is 0.552. The maximum Gasteiger partial charge on any atom is 0.254 e. The van der Waals surface area contributed by atoms with Gasteiger partial charge in [-0.05, 0) is 56.5 Å². The first-order chi connectivity index (χ1) is 15.0. The number of aliphatic imine (C=N–C) groups is 1.